The highest BCUT2D eigenvalue weighted by atomic mass is 33.1. The van der Waals surface area contributed by atoms with Gasteiger partial charge in [-0.05, 0) is 18.1 Å². The van der Waals surface area contributed by atoms with E-state index in [1.807, 2.05) is 10.8 Å². The molecule has 90 valence electrons. The highest BCUT2D eigenvalue weighted by Crippen LogP contribution is 2.40. The predicted octanol–water partition coefficient (Wildman–Crippen LogP) is 3.13. The first-order valence-electron chi connectivity index (χ1n) is 5.34. The van der Waals surface area contributed by atoms with Crippen LogP contribution >= 0.6 is 21.6 Å². The molecule has 1 saturated heterocycles. The maximum absolute atomic E-state index is 9.86. The molecule has 1 aliphatic heterocycles. The van der Waals surface area contributed by atoms with Crippen LogP contribution in [0.15, 0.2) is 0 Å². The molecule has 0 spiro atoms. The van der Waals surface area contributed by atoms with Crippen molar-refractivity contribution in [1.29, 1.82) is 0 Å². The van der Waals surface area contributed by atoms with Gasteiger partial charge in [-0.25, -0.2) is 0 Å². The number of aliphatic hydroxyl groups is 1. The average molecular weight is 267 g/mol. The number of aliphatic hydroxyl groups excluding tert-OH is 1. The Morgan fingerprint density at radius 2 is 1.73 bits per heavy atom. The lowest BCUT2D eigenvalue weighted by atomic mass is 10.2. The molecule has 15 heavy (non-hydrogen) atoms. The van der Waals surface area contributed by atoms with E-state index in [0.717, 1.165) is 11.5 Å². The van der Waals surface area contributed by atoms with Crippen LogP contribution < -0.4 is 0 Å². The molecule has 1 rings (SSSR count). The predicted molar refractivity (Wildman–Crippen MR) is 73.0 cm³/mol. The van der Waals surface area contributed by atoms with E-state index in [4.69, 9.17) is 4.43 Å². The van der Waals surface area contributed by atoms with E-state index in [1.165, 1.54) is 0 Å². The Morgan fingerprint density at radius 1 is 1.20 bits per heavy atom. The van der Waals surface area contributed by atoms with Gasteiger partial charge >= 0.3 is 0 Å². The Hall–Kier alpha value is 0.837. The highest BCUT2D eigenvalue weighted by Gasteiger charge is 2.41. The van der Waals surface area contributed by atoms with Crippen molar-refractivity contribution in [2.45, 2.75) is 51.1 Å². The van der Waals surface area contributed by atoms with Crippen molar-refractivity contribution in [3.8, 4) is 0 Å². The molecule has 0 bridgehead atoms. The molecule has 1 N–H and O–H groups in total. The second kappa shape index (κ2) is 5.00. The van der Waals surface area contributed by atoms with E-state index < -0.39 is 8.32 Å². The molecule has 0 aliphatic carbocycles. The number of hydrogen-bond acceptors (Lipinski definition) is 4. The van der Waals surface area contributed by atoms with E-state index in [-0.39, 0.29) is 17.2 Å². The van der Waals surface area contributed by atoms with Crippen molar-refractivity contribution in [2.24, 2.45) is 0 Å². The third-order valence-electron chi connectivity index (χ3n) is 3.24. The molecule has 2 atom stereocenters. The molecule has 5 heteroatoms. The SMILES string of the molecule is CC(C)(C)[Si](C)(C)OC1CSSCC1O. The third-order valence-corrected chi connectivity index (χ3v) is 10.2. The van der Waals surface area contributed by atoms with Crippen LogP contribution in [0.1, 0.15) is 20.8 Å². The molecule has 0 amide bonds. The third kappa shape index (κ3) is 3.66. The van der Waals surface area contributed by atoms with Crippen LogP contribution in [-0.4, -0.2) is 37.1 Å². The van der Waals surface area contributed by atoms with Gasteiger partial charge in [0.25, 0.3) is 0 Å². The van der Waals surface area contributed by atoms with Gasteiger partial charge in [0, 0.05) is 11.5 Å². The quantitative estimate of drug-likeness (QED) is 0.614. The van der Waals surface area contributed by atoms with Gasteiger partial charge in [0.15, 0.2) is 8.32 Å². The van der Waals surface area contributed by atoms with Crippen LogP contribution in [0.25, 0.3) is 0 Å². The van der Waals surface area contributed by atoms with Gasteiger partial charge in [0.05, 0.1) is 12.2 Å². The zero-order valence-electron chi connectivity index (χ0n) is 10.2. The molecule has 2 nitrogen and oxygen atoms in total. The van der Waals surface area contributed by atoms with Gasteiger partial charge in [-0.1, -0.05) is 42.4 Å². The fraction of sp³-hybridized carbons (Fsp3) is 1.00. The second-order valence-electron chi connectivity index (χ2n) is 5.55. The summed E-state index contributed by atoms with van der Waals surface area (Å²) >= 11 is 0. The van der Waals surface area contributed by atoms with Gasteiger partial charge < -0.3 is 9.53 Å². The van der Waals surface area contributed by atoms with Gasteiger partial charge in [-0.2, -0.15) is 0 Å². The van der Waals surface area contributed by atoms with Crippen molar-refractivity contribution < 1.29 is 9.53 Å². The molecule has 1 aliphatic rings. The molecule has 0 aromatic carbocycles. The largest absolute Gasteiger partial charge is 0.410 e. The maximum atomic E-state index is 9.86. The van der Waals surface area contributed by atoms with E-state index in [9.17, 15) is 5.11 Å². The van der Waals surface area contributed by atoms with Gasteiger partial charge in [-0.3, -0.25) is 0 Å². The Kier molecular flexibility index (Phi) is 4.63. The lowest BCUT2D eigenvalue weighted by Gasteiger charge is -2.41. The van der Waals surface area contributed by atoms with Crippen molar-refractivity contribution in [3.05, 3.63) is 0 Å². The summed E-state index contributed by atoms with van der Waals surface area (Å²) in [4.78, 5) is 0. The summed E-state index contributed by atoms with van der Waals surface area (Å²) in [5, 5.41) is 10.1. The summed E-state index contributed by atoms with van der Waals surface area (Å²) in [5.74, 6) is 1.71. The standard InChI is InChI=1S/C10H22O2S2Si/c1-10(2,3)15(4,5)12-9-7-14-13-6-8(9)11/h8-9,11H,6-7H2,1-5H3. The fourth-order valence-electron chi connectivity index (χ4n) is 1.12. The normalized spacial score (nSPS) is 29.2. The zero-order valence-corrected chi connectivity index (χ0v) is 12.9. The van der Waals surface area contributed by atoms with E-state index >= 15 is 0 Å². The second-order valence-corrected chi connectivity index (χ2v) is 12.9. The lowest BCUT2D eigenvalue weighted by Crippen LogP contribution is -2.49. The summed E-state index contributed by atoms with van der Waals surface area (Å²) in [7, 11) is 1.84. The Labute approximate surface area is 102 Å². The van der Waals surface area contributed by atoms with Crippen LogP contribution in [0.4, 0.5) is 0 Å². The molecule has 0 saturated carbocycles. The van der Waals surface area contributed by atoms with Crippen LogP contribution in [-0.2, 0) is 4.43 Å². The minimum Gasteiger partial charge on any atom is -0.410 e. The fourth-order valence-corrected chi connectivity index (χ4v) is 4.96. The molecule has 0 aromatic rings. The molecule has 2 unspecified atom stereocenters. The first kappa shape index (κ1) is 13.9. The smallest absolute Gasteiger partial charge is 0.192 e. The topological polar surface area (TPSA) is 29.5 Å². The summed E-state index contributed by atoms with van der Waals surface area (Å²) in [5.41, 5.74) is 0. The molecular formula is C10H22O2S2Si. The lowest BCUT2D eigenvalue weighted by molar-refractivity contribution is 0.0566. The Bertz CT molecular complexity index is 216. The Morgan fingerprint density at radius 3 is 2.20 bits per heavy atom. The highest BCUT2D eigenvalue weighted by molar-refractivity contribution is 8.76. The van der Waals surface area contributed by atoms with E-state index in [2.05, 4.69) is 33.9 Å². The maximum Gasteiger partial charge on any atom is 0.192 e. The van der Waals surface area contributed by atoms with Gasteiger partial charge in [0.1, 0.15) is 0 Å². The molecule has 1 heterocycles. The molecular weight excluding hydrogens is 244 g/mol. The molecule has 0 radical (unpaired) electrons. The molecule has 1 fully saturated rings. The summed E-state index contributed by atoms with van der Waals surface area (Å²) in [6.45, 7) is 11.2. The van der Waals surface area contributed by atoms with Crippen molar-refractivity contribution in [1.82, 2.24) is 0 Å². The van der Waals surface area contributed by atoms with E-state index in [0.29, 0.717) is 0 Å². The summed E-state index contributed by atoms with van der Waals surface area (Å²) in [6.07, 6.45) is -0.248. The van der Waals surface area contributed by atoms with Crippen molar-refractivity contribution in [2.75, 3.05) is 11.5 Å². The molecule has 0 aromatic heterocycles. The van der Waals surface area contributed by atoms with Crippen molar-refractivity contribution >= 4 is 29.9 Å². The minimum absolute atomic E-state index is 0.0390. The van der Waals surface area contributed by atoms with Crippen LogP contribution in [0.3, 0.4) is 0 Å². The monoisotopic (exact) mass is 266 g/mol. The van der Waals surface area contributed by atoms with Crippen LogP contribution in [0, 0.1) is 0 Å². The van der Waals surface area contributed by atoms with E-state index in [1.54, 1.807) is 10.8 Å². The van der Waals surface area contributed by atoms with Crippen molar-refractivity contribution in [3.63, 3.8) is 0 Å². The van der Waals surface area contributed by atoms with Gasteiger partial charge in [0.2, 0.25) is 0 Å². The first-order chi connectivity index (χ1) is 6.74. The van der Waals surface area contributed by atoms with Gasteiger partial charge in [-0.15, -0.1) is 0 Å². The zero-order chi connectivity index (χ0) is 11.7. The van der Waals surface area contributed by atoms with Crippen LogP contribution in [0.5, 0.6) is 0 Å². The number of rotatable bonds is 2. The first-order valence-corrected chi connectivity index (χ1v) is 10.7. The van der Waals surface area contributed by atoms with Crippen LogP contribution in [0.2, 0.25) is 18.1 Å². The average Bonchev–Trinajstić information content (AvgIpc) is 2.06. The number of hydrogen-bond donors (Lipinski definition) is 1. The summed E-state index contributed by atoms with van der Waals surface area (Å²) < 4.78 is 6.21. The Balaban J connectivity index is 2.59. The minimum atomic E-state index is -1.72. The summed E-state index contributed by atoms with van der Waals surface area (Å²) in [6, 6.07) is 0.